The van der Waals surface area contributed by atoms with Crippen molar-refractivity contribution in [2.24, 2.45) is 0 Å². The molecule has 0 atom stereocenters. The predicted octanol–water partition coefficient (Wildman–Crippen LogP) is 3.31. The maximum atomic E-state index is 13.3. The van der Waals surface area contributed by atoms with Gasteiger partial charge in [0.2, 0.25) is 0 Å². The summed E-state index contributed by atoms with van der Waals surface area (Å²) < 4.78 is 15.2. The third kappa shape index (κ3) is 2.50. The molecule has 0 fully saturated rings. The summed E-state index contributed by atoms with van der Waals surface area (Å²) in [6.45, 7) is 2.70. The van der Waals surface area contributed by atoms with E-state index >= 15 is 0 Å². The Labute approximate surface area is 117 Å². The van der Waals surface area contributed by atoms with Crippen LogP contribution in [0.25, 0.3) is 0 Å². The number of aryl methyl sites for hydroxylation is 2. The monoisotopic (exact) mass is 267 g/mol. The van der Waals surface area contributed by atoms with Crippen molar-refractivity contribution in [3.63, 3.8) is 0 Å². The number of carbonyl (C=O) groups excluding carboxylic acids is 1. The SMILES string of the molecule is Cc1cc(F)cc(C#Cc2cc3n(c2)CCCC3=O)c1. The van der Waals surface area contributed by atoms with Crippen molar-refractivity contribution >= 4 is 5.78 Å². The first kappa shape index (κ1) is 12.7. The van der Waals surface area contributed by atoms with Crippen molar-refractivity contribution < 1.29 is 9.18 Å². The highest BCUT2D eigenvalue weighted by atomic mass is 19.1. The van der Waals surface area contributed by atoms with Crippen LogP contribution in [0.15, 0.2) is 30.5 Å². The second-order valence-corrected chi connectivity index (χ2v) is 5.10. The second kappa shape index (κ2) is 4.97. The molecule has 2 heterocycles. The Morgan fingerprint density at radius 1 is 1.15 bits per heavy atom. The number of hydrogen-bond acceptors (Lipinski definition) is 1. The summed E-state index contributed by atoms with van der Waals surface area (Å²) in [5.41, 5.74) is 3.03. The van der Waals surface area contributed by atoms with Crippen LogP contribution in [0.1, 0.15) is 40.0 Å². The minimum absolute atomic E-state index is 0.172. The molecular weight excluding hydrogens is 253 g/mol. The van der Waals surface area contributed by atoms with Gasteiger partial charge in [-0.15, -0.1) is 0 Å². The summed E-state index contributed by atoms with van der Waals surface area (Å²) in [7, 11) is 0. The first-order chi connectivity index (χ1) is 9.61. The van der Waals surface area contributed by atoms with E-state index in [1.807, 2.05) is 29.8 Å². The van der Waals surface area contributed by atoms with Gasteiger partial charge in [-0.05, 0) is 43.2 Å². The van der Waals surface area contributed by atoms with Crippen LogP contribution in [0.5, 0.6) is 0 Å². The summed E-state index contributed by atoms with van der Waals surface area (Å²) in [5.74, 6) is 5.85. The van der Waals surface area contributed by atoms with Crippen LogP contribution >= 0.6 is 0 Å². The summed E-state index contributed by atoms with van der Waals surface area (Å²) in [6.07, 6.45) is 3.39. The molecule has 0 amide bonds. The van der Waals surface area contributed by atoms with Gasteiger partial charge in [0.05, 0.1) is 5.69 Å². The second-order valence-electron chi connectivity index (χ2n) is 5.10. The number of halogens is 1. The van der Waals surface area contributed by atoms with E-state index in [1.165, 1.54) is 12.1 Å². The van der Waals surface area contributed by atoms with Gasteiger partial charge in [0.1, 0.15) is 5.82 Å². The highest BCUT2D eigenvalue weighted by molar-refractivity contribution is 5.95. The molecule has 1 aromatic heterocycles. The number of rotatable bonds is 0. The van der Waals surface area contributed by atoms with Crippen molar-refractivity contribution in [1.82, 2.24) is 4.57 Å². The van der Waals surface area contributed by atoms with E-state index in [0.29, 0.717) is 12.0 Å². The van der Waals surface area contributed by atoms with Gasteiger partial charge < -0.3 is 4.57 Å². The quantitative estimate of drug-likeness (QED) is 0.671. The number of ketones is 1. The van der Waals surface area contributed by atoms with Crippen molar-refractivity contribution in [2.75, 3.05) is 0 Å². The largest absolute Gasteiger partial charge is 0.344 e. The van der Waals surface area contributed by atoms with Crippen molar-refractivity contribution in [3.05, 3.63) is 58.7 Å². The third-order valence-electron chi connectivity index (χ3n) is 3.38. The highest BCUT2D eigenvalue weighted by Crippen LogP contribution is 2.17. The molecule has 100 valence electrons. The first-order valence-corrected chi connectivity index (χ1v) is 6.64. The zero-order valence-corrected chi connectivity index (χ0v) is 11.2. The van der Waals surface area contributed by atoms with Gasteiger partial charge in [-0.1, -0.05) is 11.8 Å². The smallest absolute Gasteiger partial charge is 0.179 e. The Balaban J connectivity index is 1.92. The third-order valence-corrected chi connectivity index (χ3v) is 3.38. The molecule has 2 aromatic rings. The molecule has 0 aliphatic carbocycles. The molecular formula is C17H14FNO. The van der Waals surface area contributed by atoms with E-state index in [9.17, 15) is 9.18 Å². The number of fused-ring (bicyclic) bond motifs is 1. The maximum Gasteiger partial charge on any atom is 0.179 e. The van der Waals surface area contributed by atoms with Crippen LogP contribution in [0.3, 0.4) is 0 Å². The lowest BCUT2D eigenvalue weighted by Gasteiger charge is -2.12. The molecule has 20 heavy (non-hydrogen) atoms. The van der Waals surface area contributed by atoms with Crippen LogP contribution in [0, 0.1) is 24.6 Å². The van der Waals surface area contributed by atoms with Crippen LogP contribution in [-0.2, 0) is 6.54 Å². The minimum atomic E-state index is -0.277. The van der Waals surface area contributed by atoms with Crippen molar-refractivity contribution in [1.29, 1.82) is 0 Å². The van der Waals surface area contributed by atoms with E-state index in [1.54, 1.807) is 0 Å². The van der Waals surface area contributed by atoms with E-state index in [4.69, 9.17) is 0 Å². The zero-order chi connectivity index (χ0) is 14.1. The number of Topliss-reactive ketones (excluding diaryl/α,β-unsaturated/α-hetero) is 1. The standard InChI is InChI=1S/C17H14FNO/c1-12-7-13(9-15(18)8-12)4-5-14-10-16-17(20)3-2-6-19(16)11-14/h7-11H,2-3,6H2,1H3. The number of aromatic nitrogens is 1. The zero-order valence-electron chi connectivity index (χ0n) is 11.2. The van der Waals surface area contributed by atoms with E-state index in [2.05, 4.69) is 11.8 Å². The molecule has 3 heteroatoms. The molecule has 3 rings (SSSR count). The summed E-state index contributed by atoms with van der Waals surface area (Å²) in [5, 5.41) is 0. The van der Waals surface area contributed by atoms with Gasteiger partial charge in [-0.25, -0.2) is 4.39 Å². The van der Waals surface area contributed by atoms with E-state index < -0.39 is 0 Å². The van der Waals surface area contributed by atoms with Gasteiger partial charge >= 0.3 is 0 Å². The number of hydrogen-bond donors (Lipinski definition) is 0. The van der Waals surface area contributed by atoms with Crippen LogP contribution in [-0.4, -0.2) is 10.4 Å². The molecule has 0 spiro atoms. The normalized spacial score (nSPS) is 13.6. The van der Waals surface area contributed by atoms with Crippen molar-refractivity contribution in [3.8, 4) is 11.8 Å². The minimum Gasteiger partial charge on any atom is -0.344 e. The Kier molecular flexibility index (Phi) is 3.15. The summed E-state index contributed by atoms with van der Waals surface area (Å²) in [4.78, 5) is 11.7. The fraction of sp³-hybridized carbons (Fsp3) is 0.235. The number of benzene rings is 1. The maximum absolute atomic E-state index is 13.3. The van der Waals surface area contributed by atoms with Gasteiger partial charge in [-0.2, -0.15) is 0 Å². The van der Waals surface area contributed by atoms with E-state index in [-0.39, 0.29) is 11.6 Å². The lowest BCUT2D eigenvalue weighted by molar-refractivity contribution is 0.0955. The predicted molar refractivity (Wildman–Crippen MR) is 75.1 cm³/mol. The molecule has 0 N–H and O–H groups in total. The van der Waals surface area contributed by atoms with Gasteiger partial charge in [-0.3, -0.25) is 4.79 Å². The Morgan fingerprint density at radius 2 is 1.95 bits per heavy atom. The van der Waals surface area contributed by atoms with Gasteiger partial charge in [0, 0.05) is 30.3 Å². The molecule has 0 saturated heterocycles. The number of carbonyl (C=O) groups is 1. The molecule has 2 nitrogen and oxygen atoms in total. The van der Waals surface area contributed by atoms with Crippen LogP contribution < -0.4 is 0 Å². The lowest BCUT2D eigenvalue weighted by Crippen LogP contribution is -2.14. The van der Waals surface area contributed by atoms with Crippen LogP contribution in [0.2, 0.25) is 0 Å². The average Bonchev–Trinajstić information content (AvgIpc) is 2.80. The Hall–Kier alpha value is -2.34. The van der Waals surface area contributed by atoms with E-state index in [0.717, 1.165) is 29.8 Å². The molecule has 0 saturated carbocycles. The topological polar surface area (TPSA) is 22.0 Å². The summed E-state index contributed by atoms with van der Waals surface area (Å²) >= 11 is 0. The average molecular weight is 267 g/mol. The molecule has 1 aliphatic rings. The Morgan fingerprint density at radius 3 is 2.70 bits per heavy atom. The fourth-order valence-corrected chi connectivity index (χ4v) is 2.49. The first-order valence-electron chi connectivity index (χ1n) is 6.64. The summed E-state index contributed by atoms with van der Waals surface area (Å²) in [6, 6.07) is 6.56. The van der Waals surface area contributed by atoms with Gasteiger partial charge in [0.15, 0.2) is 5.78 Å². The molecule has 0 unspecified atom stereocenters. The molecule has 0 radical (unpaired) electrons. The molecule has 0 bridgehead atoms. The van der Waals surface area contributed by atoms with Gasteiger partial charge in [0.25, 0.3) is 0 Å². The fourth-order valence-electron chi connectivity index (χ4n) is 2.49. The van der Waals surface area contributed by atoms with Crippen molar-refractivity contribution in [2.45, 2.75) is 26.3 Å². The Bertz CT molecular complexity index is 726. The van der Waals surface area contributed by atoms with Crippen LogP contribution in [0.4, 0.5) is 4.39 Å². The number of nitrogens with zero attached hydrogens (tertiary/aromatic N) is 1. The highest BCUT2D eigenvalue weighted by Gasteiger charge is 2.17. The molecule has 1 aromatic carbocycles. The lowest BCUT2D eigenvalue weighted by atomic mass is 10.1. The molecule has 1 aliphatic heterocycles.